The molecule has 138 valence electrons. The molecule has 0 spiro atoms. The fraction of sp³-hybridized carbons (Fsp3) is 0.591. The van der Waals surface area contributed by atoms with Crippen LogP contribution in [0.3, 0.4) is 0 Å². The Kier molecular flexibility index (Phi) is 9.75. The molecule has 0 amide bonds. The van der Waals surface area contributed by atoms with E-state index in [1.54, 1.807) is 11.8 Å². The molecule has 1 heterocycles. The highest BCUT2D eigenvalue weighted by Gasteiger charge is 2.15. The monoisotopic (exact) mass is 358 g/mol. The molecule has 1 aliphatic carbocycles. The van der Waals surface area contributed by atoms with Gasteiger partial charge < -0.3 is 5.32 Å². The molecule has 1 fully saturated rings. The molecule has 0 aromatic carbocycles. The van der Waals surface area contributed by atoms with Crippen molar-refractivity contribution in [3.63, 3.8) is 0 Å². The maximum Gasteiger partial charge on any atom is 0.0663 e. The van der Waals surface area contributed by atoms with Crippen LogP contribution in [0.5, 0.6) is 0 Å². The van der Waals surface area contributed by atoms with E-state index < -0.39 is 0 Å². The maximum atomic E-state index is 8.84. The van der Waals surface area contributed by atoms with E-state index in [9.17, 15) is 0 Å². The lowest BCUT2D eigenvalue weighted by molar-refractivity contribution is 0.695. The van der Waals surface area contributed by atoms with E-state index in [4.69, 9.17) is 5.26 Å². The predicted molar refractivity (Wildman–Crippen MR) is 112 cm³/mol. The summed E-state index contributed by atoms with van der Waals surface area (Å²) in [4.78, 5) is 2.50. The van der Waals surface area contributed by atoms with E-state index in [0.29, 0.717) is 12.3 Å². The molecule has 2 nitrogen and oxygen atoms in total. The van der Waals surface area contributed by atoms with Gasteiger partial charge in [-0.15, -0.1) is 0 Å². The molecule has 1 aliphatic heterocycles. The van der Waals surface area contributed by atoms with E-state index in [0.717, 1.165) is 18.9 Å². The minimum Gasteiger partial charge on any atom is -0.385 e. The molecule has 2 rings (SSSR count). The average Bonchev–Trinajstić information content (AvgIpc) is 3.35. The van der Waals surface area contributed by atoms with E-state index in [2.05, 4.69) is 65.1 Å². The number of rotatable bonds is 6. The Labute approximate surface area is 159 Å². The van der Waals surface area contributed by atoms with Gasteiger partial charge in [-0.2, -0.15) is 5.26 Å². The first-order chi connectivity index (χ1) is 11.9. The van der Waals surface area contributed by atoms with E-state index >= 15 is 0 Å². The highest BCUT2D eigenvalue weighted by Crippen LogP contribution is 2.35. The lowest BCUT2D eigenvalue weighted by atomic mass is 10.0. The zero-order valence-electron chi connectivity index (χ0n) is 16.8. The topological polar surface area (TPSA) is 35.8 Å². The van der Waals surface area contributed by atoms with Gasteiger partial charge in [0.15, 0.2) is 0 Å². The molecule has 0 unspecified atom stereocenters. The minimum absolute atomic E-state index is 0.459. The highest BCUT2D eigenvalue weighted by atomic mass is 32.2. The van der Waals surface area contributed by atoms with Crippen molar-refractivity contribution in [1.82, 2.24) is 5.32 Å². The number of allylic oxidation sites excluding steroid dienone is 5. The first kappa shape index (κ1) is 21.6. The third-order valence-electron chi connectivity index (χ3n) is 4.35. The van der Waals surface area contributed by atoms with Gasteiger partial charge >= 0.3 is 0 Å². The molecule has 0 radical (unpaired) electrons. The predicted octanol–water partition coefficient (Wildman–Crippen LogP) is 6.71. The number of nitrogens with zero attached hydrogens (tertiary/aromatic N) is 1. The second kappa shape index (κ2) is 11.3. The smallest absolute Gasteiger partial charge is 0.0663 e. The number of nitrogens with one attached hydrogen (secondary N) is 1. The Morgan fingerprint density at radius 3 is 2.56 bits per heavy atom. The summed E-state index contributed by atoms with van der Waals surface area (Å²) < 4.78 is 0. The fourth-order valence-corrected chi connectivity index (χ4v) is 3.52. The van der Waals surface area contributed by atoms with Gasteiger partial charge in [-0.05, 0) is 49.8 Å². The molecule has 3 heteroatoms. The average molecular weight is 359 g/mol. The molecule has 1 saturated carbocycles. The molecular formula is C22H34N2S. The standard InChI is InChI=1S/C18H26N2S.C4H8/c1-6-14(4)10-16(8-7-9-19)21-18-11-15(5)20-12-17(18)13(2)3;1-4-2-3-4/h8,10-11,13,20H,6-7,12H2,1-5H3;4H,2-3H2,1H3/b14-10-,16-8+;. The molecule has 0 saturated heterocycles. The van der Waals surface area contributed by atoms with Crippen molar-refractivity contribution in [3.8, 4) is 6.07 Å². The summed E-state index contributed by atoms with van der Waals surface area (Å²) in [7, 11) is 0. The van der Waals surface area contributed by atoms with Gasteiger partial charge in [0.2, 0.25) is 0 Å². The van der Waals surface area contributed by atoms with Crippen LogP contribution in [0.4, 0.5) is 0 Å². The van der Waals surface area contributed by atoms with Crippen molar-refractivity contribution in [2.24, 2.45) is 11.8 Å². The SMILES string of the molecule is CC/C(C)=C\C(=C/CC#N)SC1=C(C(C)C)CNC(C)=C1.CC1CC1. The van der Waals surface area contributed by atoms with Crippen LogP contribution in [-0.4, -0.2) is 6.54 Å². The van der Waals surface area contributed by atoms with Gasteiger partial charge in [0.05, 0.1) is 12.5 Å². The maximum absolute atomic E-state index is 8.84. The van der Waals surface area contributed by atoms with Crippen LogP contribution in [0.1, 0.15) is 67.2 Å². The quantitative estimate of drug-likeness (QED) is 0.536. The van der Waals surface area contributed by atoms with Crippen LogP contribution in [0.25, 0.3) is 0 Å². The Morgan fingerprint density at radius 1 is 1.44 bits per heavy atom. The summed E-state index contributed by atoms with van der Waals surface area (Å²) in [5.74, 6) is 1.61. The van der Waals surface area contributed by atoms with Crippen LogP contribution in [0.2, 0.25) is 0 Å². The van der Waals surface area contributed by atoms with Crippen LogP contribution >= 0.6 is 11.8 Å². The summed E-state index contributed by atoms with van der Waals surface area (Å²) in [6.07, 6.45) is 10.9. The van der Waals surface area contributed by atoms with Crippen molar-refractivity contribution in [3.05, 3.63) is 44.9 Å². The third kappa shape index (κ3) is 9.02. The Hall–Kier alpha value is -1.40. The second-order valence-corrected chi connectivity index (χ2v) is 8.44. The van der Waals surface area contributed by atoms with Gasteiger partial charge in [0.1, 0.15) is 0 Å². The minimum atomic E-state index is 0.459. The van der Waals surface area contributed by atoms with Gasteiger partial charge in [-0.1, -0.05) is 63.9 Å². The van der Waals surface area contributed by atoms with Crippen molar-refractivity contribution in [1.29, 1.82) is 5.26 Å². The van der Waals surface area contributed by atoms with E-state index in [1.807, 2.05) is 6.08 Å². The van der Waals surface area contributed by atoms with Gasteiger partial charge in [-0.3, -0.25) is 0 Å². The van der Waals surface area contributed by atoms with Crippen LogP contribution in [0, 0.1) is 23.2 Å². The lowest BCUT2D eigenvalue weighted by Crippen LogP contribution is -2.22. The summed E-state index contributed by atoms with van der Waals surface area (Å²) >= 11 is 1.79. The van der Waals surface area contributed by atoms with E-state index in [-0.39, 0.29) is 0 Å². The highest BCUT2D eigenvalue weighted by molar-refractivity contribution is 8.07. The Bertz CT molecular complexity index is 596. The van der Waals surface area contributed by atoms with Gasteiger partial charge in [-0.25, -0.2) is 0 Å². The first-order valence-corrected chi connectivity index (χ1v) is 10.3. The molecule has 2 aliphatic rings. The molecule has 0 bridgehead atoms. The van der Waals surface area contributed by atoms with Gasteiger partial charge in [0.25, 0.3) is 0 Å². The van der Waals surface area contributed by atoms with Crippen LogP contribution in [0.15, 0.2) is 44.9 Å². The van der Waals surface area contributed by atoms with Crippen molar-refractivity contribution >= 4 is 11.8 Å². The third-order valence-corrected chi connectivity index (χ3v) is 5.47. The largest absolute Gasteiger partial charge is 0.385 e. The van der Waals surface area contributed by atoms with Crippen molar-refractivity contribution < 1.29 is 0 Å². The summed E-state index contributed by atoms with van der Waals surface area (Å²) in [5.41, 5.74) is 3.99. The van der Waals surface area contributed by atoms with Crippen LogP contribution in [-0.2, 0) is 0 Å². The fourth-order valence-electron chi connectivity index (χ4n) is 2.16. The Morgan fingerprint density at radius 2 is 2.08 bits per heavy atom. The second-order valence-electron chi connectivity index (χ2n) is 7.32. The number of hydrogen-bond acceptors (Lipinski definition) is 3. The first-order valence-electron chi connectivity index (χ1n) is 9.44. The van der Waals surface area contributed by atoms with Crippen molar-refractivity contribution in [2.75, 3.05) is 6.54 Å². The van der Waals surface area contributed by atoms with E-state index in [1.165, 1.54) is 39.5 Å². The zero-order valence-corrected chi connectivity index (χ0v) is 17.6. The normalized spacial score (nSPS) is 18.2. The number of nitriles is 1. The summed E-state index contributed by atoms with van der Waals surface area (Å²) in [6, 6.07) is 2.21. The molecule has 0 aromatic rings. The van der Waals surface area contributed by atoms with Gasteiger partial charge in [0, 0.05) is 22.1 Å². The molecule has 25 heavy (non-hydrogen) atoms. The van der Waals surface area contributed by atoms with Crippen LogP contribution < -0.4 is 5.32 Å². The molecule has 0 aromatic heterocycles. The number of dihydropyridines is 1. The number of thioether (sulfide) groups is 1. The zero-order chi connectivity index (χ0) is 18.8. The lowest BCUT2D eigenvalue weighted by Gasteiger charge is -2.23. The molecule has 1 N–H and O–H groups in total. The summed E-state index contributed by atoms with van der Waals surface area (Å²) in [5, 5.41) is 12.3. The molecular weight excluding hydrogens is 324 g/mol. The molecule has 0 atom stereocenters. The van der Waals surface area contributed by atoms with Crippen molar-refractivity contribution in [2.45, 2.75) is 67.2 Å². The number of hydrogen-bond donors (Lipinski definition) is 1. The Balaban J connectivity index is 0.000000680. The summed E-state index contributed by atoms with van der Waals surface area (Å²) in [6.45, 7) is 14.1.